The predicted molar refractivity (Wildman–Crippen MR) is 76.4 cm³/mol. The van der Waals surface area contributed by atoms with Crippen molar-refractivity contribution >= 4 is 12.4 Å². The number of hydrogen-bond donors (Lipinski definition) is 0. The van der Waals surface area contributed by atoms with E-state index in [-0.39, 0.29) is 24.1 Å². The van der Waals surface area contributed by atoms with Gasteiger partial charge in [-0.3, -0.25) is 0 Å². The van der Waals surface area contributed by atoms with E-state index in [1.807, 2.05) is 13.8 Å². The van der Waals surface area contributed by atoms with Gasteiger partial charge in [0.1, 0.15) is 18.7 Å². The lowest BCUT2D eigenvalue weighted by Crippen LogP contribution is -2.35. The van der Waals surface area contributed by atoms with Crippen LogP contribution in [0.3, 0.4) is 0 Å². The zero-order valence-electron chi connectivity index (χ0n) is 12.5. The Labute approximate surface area is 126 Å². The number of methoxy groups -OCH3 is 1. The molecule has 0 atom stereocenters. The first-order valence-electron chi connectivity index (χ1n) is 6.72. The van der Waals surface area contributed by atoms with Crippen LogP contribution < -0.4 is 14.9 Å². The van der Waals surface area contributed by atoms with Crippen LogP contribution in [0.4, 0.5) is 12.9 Å². The molecular weight excluding hydrogens is 298 g/mol. The van der Waals surface area contributed by atoms with Crippen LogP contribution >= 0.6 is 0 Å². The molecule has 2 aromatic rings. The molecule has 0 aliphatic rings. The van der Waals surface area contributed by atoms with E-state index in [2.05, 4.69) is 10.1 Å². The highest BCUT2D eigenvalue weighted by atomic mass is 19.4. The van der Waals surface area contributed by atoms with Crippen molar-refractivity contribution in [3.63, 3.8) is 0 Å². The fourth-order valence-electron chi connectivity index (χ4n) is 1.99. The molecule has 0 aliphatic carbocycles. The molecular formula is C13H16BF3N3O2-. The van der Waals surface area contributed by atoms with Crippen LogP contribution in [0.1, 0.15) is 25.7 Å². The summed E-state index contributed by atoms with van der Waals surface area (Å²) in [6.07, 6.45) is 1.35. The number of benzene rings is 1. The van der Waals surface area contributed by atoms with Gasteiger partial charge in [0.25, 0.3) is 0 Å². The van der Waals surface area contributed by atoms with Crippen LogP contribution in [0.2, 0.25) is 0 Å². The third kappa shape index (κ3) is 3.52. The Kier molecular flexibility index (Phi) is 4.63. The van der Waals surface area contributed by atoms with Crippen LogP contribution in [0.25, 0.3) is 0 Å². The molecule has 0 saturated carbocycles. The Morgan fingerprint density at radius 2 is 2.00 bits per heavy atom. The molecule has 0 aliphatic heterocycles. The van der Waals surface area contributed by atoms with E-state index in [9.17, 15) is 12.9 Å². The summed E-state index contributed by atoms with van der Waals surface area (Å²) in [7, 11) is 1.31. The Balaban J connectivity index is 2.24. The van der Waals surface area contributed by atoms with Crippen LogP contribution in [0.5, 0.6) is 11.5 Å². The summed E-state index contributed by atoms with van der Waals surface area (Å²) in [6.45, 7) is -1.50. The summed E-state index contributed by atoms with van der Waals surface area (Å²) >= 11 is 0. The van der Waals surface area contributed by atoms with Crippen molar-refractivity contribution in [2.24, 2.45) is 0 Å². The molecule has 0 saturated heterocycles. The van der Waals surface area contributed by atoms with Gasteiger partial charge in [0.2, 0.25) is 0 Å². The molecule has 1 aromatic heterocycles. The second kappa shape index (κ2) is 6.29. The summed E-state index contributed by atoms with van der Waals surface area (Å²) in [4.78, 5) is 4.00. The monoisotopic (exact) mass is 314 g/mol. The van der Waals surface area contributed by atoms with Gasteiger partial charge in [-0.2, -0.15) is 5.10 Å². The summed E-state index contributed by atoms with van der Waals surface area (Å²) in [6, 6.07) is 3.65. The van der Waals surface area contributed by atoms with E-state index in [1.54, 1.807) is 4.68 Å². The van der Waals surface area contributed by atoms with Crippen LogP contribution in [0.15, 0.2) is 24.5 Å². The fourth-order valence-corrected chi connectivity index (χ4v) is 1.99. The summed E-state index contributed by atoms with van der Waals surface area (Å²) in [5, 5.41) is 4.01. The fraction of sp³-hybridized carbons (Fsp3) is 0.385. The standard InChI is InChI=1S/C13H16BF3N3O2/c1-9(2)20-13(18-8-19-20)7-22-12-5-4-10(21-3)6-11(12)14(15,16)17/h4-6,8-9H,7H2,1-3H3/q-1. The quantitative estimate of drug-likeness (QED) is 0.769. The minimum absolute atomic E-state index is 0.0447. The van der Waals surface area contributed by atoms with Gasteiger partial charge in [-0.05, 0) is 32.0 Å². The van der Waals surface area contributed by atoms with Crippen LogP contribution in [0, 0.1) is 0 Å². The van der Waals surface area contributed by atoms with Crippen molar-refractivity contribution in [2.75, 3.05) is 7.11 Å². The third-order valence-corrected chi connectivity index (χ3v) is 3.06. The molecule has 5 nitrogen and oxygen atoms in total. The number of ether oxygens (including phenoxy) is 2. The minimum Gasteiger partial charge on any atom is -0.497 e. The van der Waals surface area contributed by atoms with Crippen molar-refractivity contribution in [1.29, 1.82) is 0 Å². The molecule has 0 bridgehead atoms. The maximum Gasteiger partial charge on any atom is 0.513 e. The smallest absolute Gasteiger partial charge is 0.497 e. The van der Waals surface area contributed by atoms with E-state index in [0.29, 0.717) is 5.82 Å². The van der Waals surface area contributed by atoms with E-state index in [4.69, 9.17) is 9.47 Å². The molecule has 0 spiro atoms. The van der Waals surface area contributed by atoms with Crippen LogP contribution in [-0.4, -0.2) is 28.9 Å². The molecule has 1 aromatic carbocycles. The first-order valence-corrected chi connectivity index (χ1v) is 6.72. The van der Waals surface area contributed by atoms with Gasteiger partial charge in [-0.25, -0.2) is 9.67 Å². The van der Waals surface area contributed by atoms with Gasteiger partial charge in [0.05, 0.1) is 12.9 Å². The lowest BCUT2D eigenvalue weighted by Gasteiger charge is -2.21. The van der Waals surface area contributed by atoms with Crippen molar-refractivity contribution in [2.45, 2.75) is 26.5 Å². The van der Waals surface area contributed by atoms with Gasteiger partial charge < -0.3 is 22.4 Å². The van der Waals surface area contributed by atoms with Gasteiger partial charge >= 0.3 is 6.98 Å². The Morgan fingerprint density at radius 3 is 2.59 bits per heavy atom. The number of halogens is 3. The largest absolute Gasteiger partial charge is 0.513 e. The molecule has 0 fully saturated rings. The van der Waals surface area contributed by atoms with Crippen LogP contribution in [-0.2, 0) is 6.61 Å². The molecule has 22 heavy (non-hydrogen) atoms. The summed E-state index contributed by atoms with van der Waals surface area (Å²) < 4.78 is 51.1. The Morgan fingerprint density at radius 1 is 1.27 bits per heavy atom. The van der Waals surface area contributed by atoms with Crippen molar-refractivity contribution in [3.8, 4) is 11.5 Å². The van der Waals surface area contributed by atoms with Crippen molar-refractivity contribution in [1.82, 2.24) is 14.8 Å². The average molecular weight is 314 g/mol. The number of aromatic nitrogens is 3. The highest BCUT2D eigenvalue weighted by Crippen LogP contribution is 2.23. The first-order chi connectivity index (χ1) is 10.3. The van der Waals surface area contributed by atoms with Gasteiger partial charge in [0.15, 0.2) is 5.82 Å². The number of rotatable bonds is 6. The van der Waals surface area contributed by atoms with E-state index in [0.717, 1.165) is 6.07 Å². The highest BCUT2D eigenvalue weighted by Gasteiger charge is 2.30. The van der Waals surface area contributed by atoms with Crippen molar-refractivity contribution in [3.05, 3.63) is 30.4 Å². The molecule has 0 amide bonds. The number of nitrogens with zero attached hydrogens (tertiary/aromatic N) is 3. The maximum atomic E-state index is 13.1. The maximum absolute atomic E-state index is 13.1. The second-order valence-electron chi connectivity index (χ2n) is 4.98. The summed E-state index contributed by atoms with van der Waals surface area (Å²) in [5.41, 5.74) is -0.824. The van der Waals surface area contributed by atoms with Crippen molar-refractivity contribution < 1.29 is 22.4 Å². The zero-order valence-corrected chi connectivity index (χ0v) is 12.5. The van der Waals surface area contributed by atoms with Gasteiger partial charge in [-0.1, -0.05) is 5.46 Å². The highest BCUT2D eigenvalue weighted by molar-refractivity contribution is 6.74. The van der Waals surface area contributed by atoms with E-state index in [1.165, 1.54) is 25.6 Å². The van der Waals surface area contributed by atoms with E-state index >= 15 is 0 Å². The Hall–Kier alpha value is -2.19. The lowest BCUT2D eigenvalue weighted by atomic mass is 9.79. The second-order valence-corrected chi connectivity index (χ2v) is 4.98. The average Bonchev–Trinajstić information content (AvgIpc) is 2.92. The molecule has 120 valence electrons. The topological polar surface area (TPSA) is 49.2 Å². The third-order valence-electron chi connectivity index (χ3n) is 3.06. The molecule has 0 N–H and O–H groups in total. The molecule has 9 heteroatoms. The minimum atomic E-state index is -5.21. The SMILES string of the molecule is COc1ccc(OCc2ncnn2C(C)C)c([B-](F)(F)F)c1. The van der Waals surface area contributed by atoms with Gasteiger partial charge in [-0.15, -0.1) is 0 Å². The zero-order chi connectivity index (χ0) is 16.3. The molecule has 0 unspecified atom stereocenters. The normalized spacial score (nSPS) is 11.8. The first kappa shape index (κ1) is 16.2. The number of hydrogen-bond acceptors (Lipinski definition) is 4. The molecule has 1 heterocycles. The molecule has 0 radical (unpaired) electrons. The summed E-state index contributed by atoms with van der Waals surface area (Å²) in [5.74, 6) is 0.352. The van der Waals surface area contributed by atoms with E-state index < -0.39 is 12.4 Å². The van der Waals surface area contributed by atoms with Gasteiger partial charge in [0, 0.05) is 6.04 Å². The predicted octanol–water partition coefficient (Wildman–Crippen LogP) is 2.50. The molecule has 2 rings (SSSR count). The lowest BCUT2D eigenvalue weighted by molar-refractivity contribution is 0.282. The Bertz CT molecular complexity index is 644.